The highest BCUT2D eigenvalue weighted by Crippen LogP contribution is 2.45. The summed E-state index contributed by atoms with van der Waals surface area (Å²) in [5, 5.41) is 3.33. The molecule has 17 heavy (non-hydrogen) atoms. The lowest BCUT2D eigenvalue weighted by Gasteiger charge is -2.30. The van der Waals surface area contributed by atoms with Gasteiger partial charge in [0.1, 0.15) is 5.54 Å². The van der Waals surface area contributed by atoms with Crippen LogP contribution in [0.2, 0.25) is 0 Å². The number of primary amides is 1. The van der Waals surface area contributed by atoms with Crippen LogP contribution in [0.1, 0.15) is 33.1 Å². The summed E-state index contributed by atoms with van der Waals surface area (Å²) in [6.45, 7) is 4.37. The summed E-state index contributed by atoms with van der Waals surface area (Å²) in [6.07, 6.45) is 2.63. The van der Waals surface area contributed by atoms with Crippen molar-refractivity contribution in [2.24, 2.45) is 11.1 Å². The minimum Gasteiger partial charge on any atom is -0.371 e. The molecule has 1 aliphatic rings. The fourth-order valence-electron chi connectivity index (χ4n) is 2.72. The molecule has 0 aliphatic heterocycles. The van der Waals surface area contributed by atoms with E-state index >= 15 is 0 Å². The Bertz CT molecular complexity index is 413. The van der Waals surface area contributed by atoms with Crippen LogP contribution in [0.15, 0.2) is 30.3 Å². The van der Waals surface area contributed by atoms with E-state index in [0.717, 1.165) is 24.9 Å². The number of benzene rings is 1. The summed E-state index contributed by atoms with van der Waals surface area (Å²) in [6, 6.07) is 9.81. The van der Waals surface area contributed by atoms with Gasteiger partial charge in [-0.2, -0.15) is 0 Å². The van der Waals surface area contributed by atoms with E-state index in [9.17, 15) is 4.79 Å². The molecule has 2 rings (SSSR count). The number of hydrogen-bond acceptors (Lipinski definition) is 2. The molecule has 0 spiro atoms. The molecule has 1 unspecified atom stereocenters. The number of rotatable bonds is 3. The van der Waals surface area contributed by atoms with Gasteiger partial charge >= 0.3 is 0 Å². The van der Waals surface area contributed by atoms with Crippen LogP contribution < -0.4 is 11.1 Å². The van der Waals surface area contributed by atoms with Gasteiger partial charge in [-0.05, 0) is 36.8 Å². The Morgan fingerprint density at radius 2 is 1.88 bits per heavy atom. The Morgan fingerprint density at radius 3 is 2.35 bits per heavy atom. The predicted octanol–water partition coefficient (Wildman–Crippen LogP) is 2.53. The second kappa shape index (κ2) is 4.06. The molecule has 0 radical (unpaired) electrons. The third-order valence-electron chi connectivity index (χ3n) is 3.64. The van der Waals surface area contributed by atoms with Gasteiger partial charge in [-0.3, -0.25) is 4.79 Å². The molecule has 1 amide bonds. The molecule has 1 saturated carbocycles. The van der Waals surface area contributed by atoms with Crippen molar-refractivity contribution >= 4 is 11.6 Å². The number of carbonyl (C=O) groups excluding carboxylic acids is 1. The van der Waals surface area contributed by atoms with E-state index < -0.39 is 5.54 Å². The molecule has 0 bridgehead atoms. The summed E-state index contributed by atoms with van der Waals surface area (Å²) in [5.74, 6) is -0.244. The third-order valence-corrected chi connectivity index (χ3v) is 3.64. The molecule has 1 atom stereocenters. The van der Waals surface area contributed by atoms with E-state index in [4.69, 9.17) is 5.73 Å². The topological polar surface area (TPSA) is 55.1 Å². The maximum atomic E-state index is 11.8. The summed E-state index contributed by atoms with van der Waals surface area (Å²) in [7, 11) is 0. The first-order valence-electron chi connectivity index (χ1n) is 6.07. The Balaban J connectivity index is 2.23. The molecular weight excluding hydrogens is 212 g/mol. The zero-order chi connectivity index (χ0) is 12.5. The van der Waals surface area contributed by atoms with Crippen LogP contribution in [0.3, 0.4) is 0 Å². The van der Waals surface area contributed by atoms with Crippen LogP contribution >= 0.6 is 0 Å². The highest BCUT2D eigenvalue weighted by molar-refractivity contribution is 5.88. The fourth-order valence-corrected chi connectivity index (χ4v) is 2.72. The Labute approximate surface area is 102 Å². The van der Waals surface area contributed by atoms with Gasteiger partial charge in [0.05, 0.1) is 0 Å². The van der Waals surface area contributed by atoms with E-state index in [2.05, 4.69) is 19.2 Å². The second-order valence-corrected chi connectivity index (χ2v) is 5.78. The second-order valence-electron chi connectivity index (χ2n) is 5.78. The van der Waals surface area contributed by atoms with Gasteiger partial charge in [-0.1, -0.05) is 32.0 Å². The molecule has 3 heteroatoms. The number of amides is 1. The first-order chi connectivity index (χ1) is 7.94. The number of para-hydroxylation sites is 1. The Morgan fingerprint density at radius 1 is 1.24 bits per heavy atom. The van der Waals surface area contributed by atoms with Gasteiger partial charge < -0.3 is 11.1 Å². The van der Waals surface area contributed by atoms with E-state index in [0.29, 0.717) is 0 Å². The summed E-state index contributed by atoms with van der Waals surface area (Å²) < 4.78 is 0. The lowest BCUT2D eigenvalue weighted by molar-refractivity contribution is -0.122. The molecule has 0 saturated heterocycles. The number of nitrogens with two attached hydrogens (primary N) is 1. The molecule has 1 aliphatic carbocycles. The van der Waals surface area contributed by atoms with Gasteiger partial charge in [0.2, 0.25) is 5.91 Å². The minimum absolute atomic E-state index is 0.177. The summed E-state index contributed by atoms with van der Waals surface area (Å²) in [4.78, 5) is 11.8. The Kier molecular flexibility index (Phi) is 2.86. The summed E-state index contributed by atoms with van der Waals surface area (Å²) >= 11 is 0. The number of nitrogens with one attached hydrogen (secondary N) is 1. The van der Waals surface area contributed by atoms with Crippen LogP contribution in [0.4, 0.5) is 5.69 Å². The fraction of sp³-hybridized carbons (Fsp3) is 0.500. The van der Waals surface area contributed by atoms with E-state index in [-0.39, 0.29) is 11.3 Å². The highest BCUT2D eigenvalue weighted by atomic mass is 16.1. The minimum atomic E-state index is -0.579. The normalized spacial score (nSPS) is 26.7. The van der Waals surface area contributed by atoms with Gasteiger partial charge in [-0.15, -0.1) is 0 Å². The predicted molar refractivity (Wildman–Crippen MR) is 69.6 cm³/mol. The Hall–Kier alpha value is -1.51. The molecule has 92 valence electrons. The lowest BCUT2D eigenvalue weighted by atomic mass is 9.87. The molecule has 0 heterocycles. The van der Waals surface area contributed by atoms with Crippen LogP contribution in [0.5, 0.6) is 0 Å². The lowest BCUT2D eigenvalue weighted by Crippen LogP contribution is -2.49. The first-order valence-corrected chi connectivity index (χ1v) is 6.07. The van der Waals surface area contributed by atoms with Crippen LogP contribution in [0.25, 0.3) is 0 Å². The molecule has 1 fully saturated rings. The van der Waals surface area contributed by atoms with E-state index in [1.165, 1.54) is 0 Å². The average Bonchev–Trinajstić information content (AvgIpc) is 2.57. The standard InChI is InChI=1S/C14H20N2O/c1-13(2)8-9-14(10-13,12(15)17)16-11-6-4-3-5-7-11/h3-7,16H,8-10H2,1-2H3,(H2,15,17). The first kappa shape index (κ1) is 12.0. The highest BCUT2D eigenvalue weighted by Gasteiger charge is 2.47. The van der Waals surface area contributed by atoms with Crippen LogP contribution in [0, 0.1) is 5.41 Å². The molecule has 3 N–H and O–H groups in total. The van der Waals surface area contributed by atoms with Crippen LogP contribution in [-0.2, 0) is 4.79 Å². The zero-order valence-corrected chi connectivity index (χ0v) is 10.5. The molecule has 1 aromatic carbocycles. The quantitative estimate of drug-likeness (QED) is 0.841. The SMILES string of the molecule is CC1(C)CCC(Nc2ccccc2)(C(N)=O)C1. The molecule has 3 nitrogen and oxygen atoms in total. The van der Waals surface area contributed by atoms with Crippen molar-refractivity contribution < 1.29 is 4.79 Å². The smallest absolute Gasteiger partial charge is 0.243 e. The largest absolute Gasteiger partial charge is 0.371 e. The van der Waals surface area contributed by atoms with Crippen molar-refractivity contribution in [3.05, 3.63) is 30.3 Å². The molecule has 0 aromatic heterocycles. The van der Waals surface area contributed by atoms with Gasteiger partial charge in [0.25, 0.3) is 0 Å². The third kappa shape index (κ3) is 2.43. The van der Waals surface area contributed by atoms with Crippen molar-refractivity contribution in [2.45, 2.75) is 38.6 Å². The van der Waals surface area contributed by atoms with Crippen molar-refractivity contribution in [2.75, 3.05) is 5.32 Å². The average molecular weight is 232 g/mol. The number of hydrogen-bond donors (Lipinski definition) is 2. The van der Waals surface area contributed by atoms with Crippen LogP contribution in [-0.4, -0.2) is 11.4 Å². The van der Waals surface area contributed by atoms with Crippen molar-refractivity contribution in [3.63, 3.8) is 0 Å². The molecule has 1 aromatic rings. The summed E-state index contributed by atoms with van der Waals surface area (Å²) in [5.41, 5.74) is 6.16. The molecular formula is C14H20N2O. The van der Waals surface area contributed by atoms with Crippen molar-refractivity contribution in [3.8, 4) is 0 Å². The van der Waals surface area contributed by atoms with Gasteiger partial charge in [0, 0.05) is 5.69 Å². The van der Waals surface area contributed by atoms with E-state index in [1.54, 1.807) is 0 Å². The maximum absolute atomic E-state index is 11.8. The zero-order valence-electron chi connectivity index (χ0n) is 10.5. The van der Waals surface area contributed by atoms with Gasteiger partial charge in [0.15, 0.2) is 0 Å². The van der Waals surface area contributed by atoms with E-state index in [1.807, 2.05) is 30.3 Å². The monoisotopic (exact) mass is 232 g/mol. The number of anilines is 1. The van der Waals surface area contributed by atoms with Crippen molar-refractivity contribution in [1.29, 1.82) is 0 Å². The number of carbonyl (C=O) groups is 1. The van der Waals surface area contributed by atoms with Crippen molar-refractivity contribution in [1.82, 2.24) is 0 Å². The van der Waals surface area contributed by atoms with Gasteiger partial charge in [-0.25, -0.2) is 0 Å². The maximum Gasteiger partial charge on any atom is 0.243 e.